The lowest BCUT2D eigenvalue weighted by molar-refractivity contribution is 0.299. The maximum atomic E-state index is 5.81. The van der Waals surface area contributed by atoms with Gasteiger partial charge in [-0.15, -0.1) is 0 Å². The van der Waals surface area contributed by atoms with Gasteiger partial charge in [-0.1, -0.05) is 30.4 Å². The van der Waals surface area contributed by atoms with E-state index in [1.807, 2.05) is 42.5 Å². The average Bonchev–Trinajstić information content (AvgIpc) is 2.85. The number of hydrogen-bond acceptors (Lipinski definition) is 4. The number of para-hydroxylation sites is 1. The monoisotopic (exact) mass is 284 g/mol. The molecule has 0 aliphatic heterocycles. The lowest BCUT2D eigenvalue weighted by Gasteiger charge is -2.05. The minimum atomic E-state index is 0.178. The van der Waals surface area contributed by atoms with E-state index in [9.17, 15) is 0 Å². The van der Waals surface area contributed by atoms with E-state index in [0.29, 0.717) is 23.7 Å². The Hall–Kier alpha value is -2.40. The summed E-state index contributed by atoms with van der Waals surface area (Å²) in [5, 5.41) is 0.853. The van der Waals surface area contributed by atoms with Crippen LogP contribution in [0.5, 0.6) is 5.75 Å². The Labute approximate surface area is 121 Å². The van der Waals surface area contributed by atoms with E-state index >= 15 is 0 Å². The van der Waals surface area contributed by atoms with Crippen LogP contribution in [0.1, 0.15) is 11.5 Å². The Balaban J connectivity index is 1.97. The third kappa shape index (κ3) is 2.35. The van der Waals surface area contributed by atoms with E-state index < -0.39 is 0 Å². The topological polar surface area (TPSA) is 61.3 Å². The van der Waals surface area contributed by atoms with Crippen molar-refractivity contribution >= 4 is 28.2 Å². The first-order valence-electron chi connectivity index (χ1n) is 6.10. The van der Waals surface area contributed by atoms with Crippen molar-refractivity contribution in [1.82, 2.24) is 4.98 Å². The second-order valence-corrected chi connectivity index (χ2v) is 4.67. The summed E-state index contributed by atoms with van der Waals surface area (Å²) >= 11 is 5.01. The summed E-state index contributed by atoms with van der Waals surface area (Å²) in [6.07, 6.45) is 1.72. The normalized spacial score (nSPS) is 10.6. The van der Waals surface area contributed by atoms with E-state index in [0.717, 1.165) is 11.1 Å². The van der Waals surface area contributed by atoms with Crippen molar-refractivity contribution in [3.63, 3.8) is 0 Å². The van der Waals surface area contributed by atoms with Crippen LogP contribution in [0.3, 0.4) is 0 Å². The van der Waals surface area contributed by atoms with E-state index in [-0.39, 0.29) is 4.99 Å². The highest BCUT2D eigenvalue weighted by Crippen LogP contribution is 2.33. The van der Waals surface area contributed by atoms with Crippen molar-refractivity contribution in [3.8, 4) is 5.75 Å². The first-order valence-corrected chi connectivity index (χ1v) is 6.50. The summed E-state index contributed by atoms with van der Waals surface area (Å²) in [6.45, 7) is 0.333. The summed E-state index contributed by atoms with van der Waals surface area (Å²) < 4.78 is 11.5. The van der Waals surface area contributed by atoms with Crippen LogP contribution in [0.4, 0.5) is 0 Å². The molecule has 2 N–H and O–H groups in total. The molecule has 20 heavy (non-hydrogen) atoms. The highest BCUT2D eigenvalue weighted by Gasteiger charge is 2.17. The number of benzene rings is 1. The van der Waals surface area contributed by atoms with Crippen LogP contribution in [0, 0.1) is 0 Å². The van der Waals surface area contributed by atoms with Crippen LogP contribution >= 0.6 is 12.2 Å². The predicted octanol–water partition coefficient (Wildman–Crippen LogP) is 3.04. The molecule has 0 spiro atoms. The lowest BCUT2D eigenvalue weighted by atomic mass is 10.2. The predicted molar refractivity (Wildman–Crippen MR) is 80.7 cm³/mol. The molecule has 0 unspecified atom stereocenters. The number of aromatic nitrogens is 1. The summed E-state index contributed by atoms with van der Waals surface area (Å²) in [6, 6.07) is 13.2. The minimum Gasteiger partial charge on any atom is -0.482 e. The zero-order valence-corrected chi connectivity index (χ0v) is 11.4. The van der Waals surface area contributed by atoms with Gasteiger partial charge in [-0.3, -0.25) is 4.98 Å². The molecule has 0 radical (unpaired) electrons. The maximum Gasteiger partial charge on any atom is 0.204 e. The van der Waals surface area contributed by atoms with Crippen molar-refractivity contribution in [2.24, 2.45) is 5.73 Å². The van der Waals surface area contributed by atoms with Gasteiger partial charge in [0.05, 0.1) is 11.1 Å². The van der Waals surface area contributed by atoms with Crippen molar-refractivity contribution in [2.75, 3.05) is 0 Å². The molecule has 0 atom stereocenters. The van der Waals surface area contributed by atoms with E-state index in [4.69, 9.17) is 27.1 Å². The third-order valence-corrected chi connectivity index (χ3v) is 3.05. The first-order chi connectivity index (χ1) is 9.75. The fourth-order valence-electron chi connectivity index (χ4n) is 1.96. The molecular weight excluding hydrogens is 272 g/mol. The van der Waals surface area contributed by atoms with E-state index in [1.54, 1.807) is 6.20 Å². The number of hydrogen-bond donors (Lipinski definition) is 1. The number of rotatable bonds is 4. The van der Waals surface area contributed by atoms with Crippen LogP contribution in [0.25, 0.3) is 11.0 Å². The minimum absolute atomic E-state index is 0.178. The highest BCUT2D eigenvalue weighted by atomic mass is 32.1. The number of fused-ring (bicyclic) bond motifs is 1. The lowest BCUT2D eigenvalue weighted by Crippen LogP contribution is -2.10. The molecule has 0 bridgehead atoms. The fraction of sp³-hybridized carbons (Fsp3) is 0.0667. The third-order valence-electron chi connectivity index (χ3n) is 2.86. The Morgan fingerprint density at radius 1 is 1.20 bits per heavy atom. The van der Waals surface area contributed by atoms with Gasteiger partial charge in [0, 0.05) is 6.20 Å². The van der Waals surface area contributed by atoms with Crippen LogP contribution < -0.4 is 10.5 Å². The summed E-state index contributed by atoms with van der Waals surface area (Å²) in [7, 11) is 0. The zero-order chi connectivity index (χ0) is 13.9. The number of pyridine rings is 1. The number of furan rings is 1. The zero-order valence-electron chi connectivity index (χ0n) is 10.6. The Bertz CT molecular complexity index is 753. The van der Waals surface area contributed by atoms with Crippen molar-refractivity contribution in [1.29, 1.82) is 0 Å². The molecular formula is C15H12N2O2S. The van der Waals surface area contributed by atoms with Gasteiger partial charge in [0.2, 0.25) is 5.76 Å². The fourth-order valence-corrected chi connectivity index (χ4v) is 2.09. The molecule has 100 valence electrons. The second-order valence-electron chi connectivity index (χ2n) is 4.23. The largest absolute Gasteiger partial charge is 0.482 e. The van der Waals surface area contributed by atoms with Gasteiger partial charge >= 0.3 is 0 Å². The number of thiocarbonyl (C=S) groups is 1. The van der Waals surface area contributed by atoms with Gasteiger partial charge in [-0.2, -0.15) is 0 Å². The van der Waals surface area contributed by atoms with Gasteiger partial charge in [0.25, 0.3) is 0 Å². The van der Waals surface area contributed by atoms with E-state index in [2.05, 4.69) is 4.98 Å². The molecule has 0 aliphatic rings. The second kappa shape index (κ2) is 5.30. The number of nitrogens with two attached hydrogens (primary N) is 1. The molecule has 0 aliphatic carbocycles. The molecule has 3 aromatic rings. The van der Waals surface area contributed by atoms with Crippen molar-refractivity contribution in [2.45, 2.75) is 6.61 Å². The maximum absolute atomic E-state index is 5.81. The Morgan fingerprint density at radius 3 is 2.75 bits per heavy atom. The Morgan fingerprint density at radius 2 is 2.00 bits per heavy atom. The summed E-state index contributed by atoms with van der Waals surface area (Å²) in [4.78, 5) is 4.39. The first kappa shape index (κ1) is 12.6. The smallest absolute Gasteiger partial charge is 0.204 e. The van der Waals surface area contributed by atoms with Crippen LogP contribution in [0.2, 0.25) is 0 Å². The molecule has 3 rings (SSSR count). The van der Waals surface area contributed by atoms with Gasteiger partial charge in [-0.25, -0.2) is 0 Å². The van der Waals surface area contributed by atoms with E-state index in [1.165, 1.54) is 0 Å². The SMILES string of the molecule is NC(=S)c1oc2ccccc2c1OCc1ccccn1. The standard InChI is InChI=1S/C15H12N2O2S/c16-15(20)14-13(11-6-1-2-7-12(11)19-14)18-9-10-5-3-4-8-17-10/h1-8H,9H2,(H2,16,20). The molecule has 2 aromatic heterocycles. The van der Waals surface area contributed by atoms with Crippen LogP contribution in [-0.4, -0.2) is 9.97 Å². The quantitative estimate of drug-likeness (QED) is 0.746. The van der Waals surface area contributed by atoms with Gasteiger partial charge < -0.3 is 14.9 Å². The summed E-state index contributed by atoms with van der Waals surface area (Å²) in [5.41, 5.74) is 7.22. The Kier molecular flexibility index (Phi) is 3.35. The van der Waals surface area contributed by atoms with Crippen molar-refractivity contribution in [3.05, 3.63) is 60.1 Å². The highest BCUT2D eigenvalue weighted by molar-refractivity contribution is 7.80. The van der Waals surface area contributed by atoms with Gasteiger partial charge in [-0.05, 0) is 24.3 Å². The molecule has 0 fully saturated rings. The molecule has 4 nitrogen and oxygen atoms in total. The average molecular weight is 284 g/mol. The number of nitrogens with zero attached hydrogens (tertiary/aromatic N) is 1. The summed E-state index contributed by atoms with van der Waals surface area (Å²) in [5.74, 6) is 0.968. The van der Waals surface area contributed by atoms with Crippen LogP contribution in [-0.2, 0) is 6.61 Å². The van der Waals surface area contributed by atoms with Gasteiger partial charge in [0.1, 0.15) is 17.2 Å². The van der Waals surface area contributed by atoms with Gasteiger partial charge in [0.15, 0.2) is 5.75 Å². The molecule has 5 heteroatoms. The van der Waals surface area contributed by atoms with Crippen LogP contribution in [0.15, 0.2) is 53.1 Å². The van der Waals surface area contributed by atoms with Crippen molar-refractivity contribution < 1.29 is 9.15 Å². The molecule has 2 heterocycles. The molecule has 0 saturated heterocycles. The molecule has 0 saturated carbocycles. The molecule has 0 amide bonds. The number of ether oxygens (including phenoxy) is 1. The molecule has 1 aromatic carbocycles.